The molecule has 1 aromatic rings. The number of nitrogens with one attached hydrogen (secondary N) is 1. The molecule has 0 unspecified atom stereocenters. The maximum Gasteiger partial charge on any atom is 0.254 e. The van der Waals surface area contributed by atoms with E-state index >= 15 is 0 Å². The monoisotopic (exact) mass is 284 g/mol. The summed E-state index contributed by atoms with van der Waals surface area (Å²) in [4.78, 5) is 25.0. The number of rotatable bonds is 5. The van der Waals surface area contributed by atoms with Crippen LogP contribution in [0.1, 0.15) is 31.1 Å². The lowest BCUT2D eigenvalue weighted by Crippen LogP contribution is -2.42. The average Bonchev–Trinajstić information content (AvgIpc) is 2.33. The number of likely N-dealkylation sites (N-methyl/N-ethyl adjacent to an activating group) is 1. The van der Waals surface area contributed by atoms with Crippen molar-refractivity contribution in [3.05, 3.63) is 35.4 Å². The first kappa shape index (κ1) is 16.1. The van der Waals surface area contributed by atoms with Crippen LogP contribution in [0.25, 0.3) is 0 Å². The maximum atomic E-state index is 13.1. The molecule has 110 valence electrons. The molecule has 0 atom stereocenters. The fourth-order valence-electron chi connectivity index (χ4n) is 1.73. The third-order valence-electron chi connectivity index (χ3n) is 2.56. The van der Waals surface area contributed by atoms with Crippen molar-refractivity contribution in [1.82, 2.24) is 10.2 Å². The minimum Gasteiger partial charge on any atom is -0.352 e. The molecular formula is C14H18F2N2O2. The Balaban J connectivity index is 2.83. The first-order chi connectivity index (χ1) is 9.33. The van der Waals surface area contributed by atoms with Crippen LogP contribution in [0.15, 0.2) is 18.2 Å². The van der Waals surface area contributed by atoms with E-state index in [1.807, 2.05) is 0 Å². The SMILES string of the molecule is CCN(CC(=O)NC(C)C)C(=O)c1cc(F)cc(F)c1. The van der Waals surface area contributed by atoms with E-state index in [-0.39, 0.29) is 30.6 Å². The van der Waals surface area contributed by atoms with Gasteiger partial charge in [-0.3, -0.25) is 9.59 Å². The fourth-order valence-corrected chi connectivity index (χ4v) is 1.73. The van der Waals surface area contributed by atoms with Crippen LogP contribution in [0.4, 0.5) is 8.78 Å². The first-order valence-corrected chi connectivity index (χ1v) is 6.38. The molecule has 0 aliphatic rings. The maximum absolute atomic E-state index is 13.1. The van der Waals surface area contributed by atoms with Crippen molar-refractivity contribution >= 4 is 11.8 Å². The Kier molecular flexibility index (Phi) is 5.61. The zero-order chi connectivity index (χ0) is 15.3. The lowest BCUT2D eigenvalue weighted by atomic mass is 10.2. The zero-order valence-electron chi connectivity index (χ0n) is 11.7. The number of halogens is 2. The Bertz CT molecular complexity index is 484. The summed E-state index contributed by atoms with van der Waals surface area (Å²) in [5.41, 5.74) is -0.110. The Morgan fingerprint density at radius 3 is 2.20 bits per heavy atom. The van der Waals surface area contributed by atoms with Crippen LogP contribution in [0, 0.1) is 11.6 Å². The van der Waals surface area contributed by atoms with Crippen LogP contribution in [0.5, 0.6) is 0 Å². The molecule has 2 amide bonds. The van der Waals surface area contributed by atoms with Gasteiger partial charge in [-0.15, -0.1) is 0 Å². The van der Waals surface area contributed by atoms with Gasteiger partial charge in [0.15, 0.2) is 0 Å². The molecule has 20 heavy (non-hydrogen) atoms. The molecule has 0 aliphatic heterocycles. The third kappa shape index (κ3) is 4.60. The van der Waals surface area contributed by atoms with Crippen LogP contribution in [-0.4, -0.2) is 35.8 Å². The summed E-state index contributed by atoms with van der Waals surface area (Å²) in [7, 11) is 0. The van der Waals surface area contributed by atoms with Gasteiger partial charge in [0.05, 0.1) is 6.54 Å². The Hall–Kier alpha value is -1.98. The predicted octanol–water partition coefficient (Wildman–Crippen LogP) is 1.95. The summed E-state index contributed by atoms with van der Waals surface area (Å²) in [6.45, 7) is 5.42. The summed E-state index contributed by atoms with van der Waals surface area (Å²) in [6.07, 6.45) is 0. The molecule has 1 rings (SSSR count). The zero-order valence-corrected chi connectivity index (χ0v) is 11.7. The second-order valence-corrected chi connectivity index (χ2v) is 4.70. The highest BCUT2D eigenvalue weighted by atomic mass is 19.1. The van der Waals surface area contributed by atoms with Gasteiger partial charge in [0.1, 0.15) is 11.6 Å². The van der Waals surface area contributed by atoms with Gasteiger partial charge >= 0.3 is 0 Å². The van der Waals surface area contributed by atoms with Crippen molar-refractivity contribution in [3.63, 3.8) is 0 Å². The van der Waals surface area contributed by atoms with Crippen LogP contribution in [0.3, 0.4) is 0 Å². The van der Waals surface area contributed by atoms with E-state index in [1.54, 1.807) is 20.8 Å². The lowest BCUT2D eigenvalue weighted by molar-refractivity contribution is -0.122. The van der Waals surface area contributed by atoms with Crippen molar-refractivity contribution in [2.75, 3.05) is 13.1 Å². The number of carbonyl (C=O) groups excluding carboxylic acids is 2. The molecule has 0 fully saturated rings. The summed E-state index contributed by atoms with van der Waals surface area (Å²) in [5, 5.41) is 2.66. The first-order valence-electron chi connectivity index (χ1n) is 6.38. The third-order valence-corrected chi connectivity index (χ3v) is 2.56. The number of carbonyl (C=O) groups is 2. The smallest absolute Gasteiger partial charge is 0.254 e. The van der Waals surface area contributed by atoms with Crippen LogP contribution in [-0.2, 0) is 4.79 Å². The van der Waals surface area contributed by atoms with Gasteiger partial charge in [-0.05, 0) is 32.9 Å². The number of benzene rings is 1. The quantitative estimate of drug-likeness (QED) is 0.898. The van der Waals surface area contributed by atoms with Gasteiger partial charge in [-0.1, -0.05) is 0 Å². The highest BCUT2D eigenvalue weighted by molar-refractivity contribution is 5.96. The summed E-state index contributed by atoms with van der Waals surface area (Å²) >= 11 is 0. The average molecular weight is 284 g/mol. The number of hydrogen-bond donors (Lipinski definition) is 1. The van der Waals surface area contributed by atoms with Gasteiger partial charge in [0.25, 0.3) is 5.91 Å². The molecule has 0 aliphatic carbocycles. The molecule has 0 saturated heterocycles. The standard InChI is InChI=1S/C14H18F2N2O2/c1-4-18(8-13(19)17-9(2)3)14(20)10-5-11(15)7-12(16)6-10/h5-7,9H,4,8H2,1-3H3,(H,17,19). The molecule has 0 bridgehead atoms. The van der Waals surface area contributed by atoms with Crippen LogP contribution >= 0.6 is 0 Å². The van der Waals surface area contributed by atoms with E-state index in [4.69, 9.17) is 0 Å². The molecule has 1 aromatic carbocycles. The van der Waals surface area contributed by atoms with E-state index < -0.39 is 17.5 Å². The highest BCUT2D eigenvalue weighted by Gasteiger charge is 2.19. The van der Waals surface area contributed by atoms with Crippen molar-refractivity contribution in [3.8, 4) is 0 Å². The van der Waals surface area contributed by atoms with Gasteiger partial charge in [-0.2, -0.15) is 0 Å². The topological polar surface area (TPSA) is 49.4 Å². The summed E-state index contributed by atoms with van der Waals surface area (Å²) in [6, 6.07) is 2.56. The molecule has 0 aromatic heterocycles. The molecule has 6 heteroatoms. The molecule has 0 saturated carbocycles. The van der Waals surface area contributed by atoms with E-state index in [0.717, 1.165) is 12.1 Å². The fraction of sp³-hybridized carbons (Fsp3) is 0.429. The minimum absolute atomic E-state index is 0.0390. The normalized spacial score (nSPS) is 10.5. The van der Waals surface area contributed by atoms with E-state index in [0.29, 0.717) is 6.07 Å². The largest absolute Gasteiger partial charge is 0.352 e. The Morgan fingerprint density at radius 2 is 1.75 bits per heavy atom. The van der Waals surface area contributed by atoms with Crippen molar-refractivity contribution in [1.29, 1.82) is 0 Å². The van der Waals surface area contributed by atoms with Crippen molar-refractivity contribution in [2.24, 2.45) is 0 Å². The number of amides is 2. The van der Waals surface area contributed by atoms with Gasteiger partial charge in [0.2, 0.25) is 5.91 Å². The van der Waals surface area contributed by atoms with Crippen molar-refractivity contribution < 1.29 is 18.4 Å². The second-order valence-electron chi connectivity index (χ2n) is 4.70. The molecule has 0 heterocycles. The Morgan fingerprint density at radius 1 is 1.20 bits per heavy atom. The van der Waals surface area contributed by atoms with Gasteiger partial charge in [-0.25, -0.2) is 8.78 Å². The predicted molar refractivity (Wildman–Crippen MR) is 71.2 cm³/mol. The number of nitrogens with zero attached hydrogens (tertiary/aromatic N) is 1. The molecular weight excluding hydrogens is 266 g/mol. The van der Waals surface area contributed by atoms with Crippen LogP contribution in [0.2, 0.25) is 0 Å². The second kappa shape index (κ2) is 6.98. The summed E-state index contributed by atoms with van der Waals surface area (Å²) < 4.78 is 26.2. The molecule has 4 nitrogen and oxygen atoms in total. The van der Waals surface area contributed by atoms with Crippen LogP contribution < -0.4 is 5.32 Å². The molecule has 1 N–H and O–H groups in total. The Labute approximate surface area is 116 Å². The van der Waals surface area contributed by atoms with Gasteiger partial charge < -0.3 is 10.2 Å². The van der Waals surface area contributed by atoms with E-state index in [1.165, 1.54) is 4.90 Å². The highest BCUT2D eigenvalue weighted by Crippen LogP contribution is 2.10. The molecule has 0 radical (unpaired) electrons. The lowest BCUT2D eigenvalue weighted by Gasteiger charge is -2.21. The molecule has 0 spiro atoms. The summed E-state index contributed by atoms with van der Waals surface area (Å²) in [5.74, 6) is -2.54. The number of hydrogen-bond acceptors (Lipinski definition) is 2. The minimum atomic E-state index is -0.823. The van der Waals surface area contributed by atoms with E-state index in [9.17, 15) is 18.4 Å². The van der Waals surface area contributed by atoms with E-state index in [2.05, 4.69) is 5.32 Å². The van der Waals surface area contributed by atoms with Gasteiger partial charge in [0, 0.05) is 24.2 Å². The van der Waals surface area contributed by atoms with Crippen molar-refractivity contribution in [2.45, 2.75) is 26.8 Å².